The van der Waals surface area contributed by atoms with Gasteiger partial charge in [0.25, 0.3) is 0 Å². The van der Waals surface area contributed by atoms with E-state index in [9.17, 15) is 5.11 Å². The number of rotatable bonds is 0. The molecule has 4 aliphatic rings. The van der Waals surface area contributed by atoms with Crippen LogP contribution >= 0.6 is 0 Å². The summed E-state index contributed by atoms with van der Waals surface area (Å²) >= 11 is 0. The summed E-state index contributed by atoms with van der Waals surface area (Å²) in [6.07, 6.45) is 14.3. The third-order valence-electron chi connectivity index (χ3n) is 8.83. The first-order valence-electron chi connectivity index (χ1n) is 9.83. The van der Waals surface area contributed by atoms with Gasteiger partial charge in [0.1, 0.15) is 0 Å². The Morgan fingerprint density at radius 3 is 2.59 bits per heavy atom. The summed E-state index contributed by atoms with van der Waals surface area (Å²) in [7, 11) is 0. The molecular formula is C21H34O. The maximum Gasteiger partial charge on any atom is 0.0543 e. The summed E-state index contributed by atoms with van der Waals surface area (Å²) in [6.45, 7) is 7.43. The highest BCUT2D eigenvalue weighted by atomic mass is 16.3. The highest BCUT2D eigenvalue weighted by Gasteiger charge is 2.58. The molecule has 4 aliphatic carbocycles. The smallest absolute Gasteiger partial charge is 0.0543 e. The first-order valence-corrected chi connectivity index (χ1v) is 9.83. The minimum atomic E-state index is -0.00964. The van der Waals surface area contributed by atoms with Crippen LogP contribution < -0.4 is 0 Å². The number of hydrogen-bond acceptors (Lipinski definition) is 1. The molecule has 0 bridgehead atoms. The topological polar surface area (TPSA) is 20.2 Å². The van der Waals surface area contributed by atoms with Crippen molar-refractivity contribution in [2.75, 3.05) is 0 Å². The van der Waals surface area contributed by atoms with Crippen molar-refractivity contribution in [1.29, 1.82) is 0 Å². The molecule has 1 nitrogen and oxygen atoms in total. The van der Waals surface area contributed by atoms with E-state index in [1.165, 1.54) is 44.9 Å². The molecule has 0 amide bonds. The van der Waals surface area contributed by atoms with E-state index in [4.69, 9.17) is 0 Å². The van der Waals surface area contributed by atoms with Crippen molar-refractivity contribution in [2.45, 2.75) is 84.7 Å². The van der Waals surface area contributed by atoms with E-state index in [0.717, 1.165) is 36.5 Å². The lowest BCUT2D eigenvalue weighted by atomic mass is 9.45. The number of allylic oxidation sites excluding steroid dienone is 2. The first kappa shape index (κ1) is 15.2. The summed E-state index contributed by atoms with van der Waals surface area (Å²) in [6, 6.07) is 0. The molecule has 0 aliphatic heterocycles. The molecule has 0 saturated heterocycles. The van der Waals surface area contributed by atoms with Crippen LogP contribution in [0.2, 0.25) is 0 Å². The van der Waals surface area contributed by atoms with Crippen LogP contribution in [0.15, 0.2) is 11.6 Å². The van der Waals surface area contributed by atoms with Gasteiger partial charge < -0.3 is 5.11 Å². The average molecular weight is 303 g/mol. The fraction of sp³-hybridized carbons (Fsp3) is 0.905. The van der Waals surface area contributed by atoms with Gasteiger partial charge in [0, 0.05) is 0 Å². The summed E-state index contributed by atoms with van der Waals surface area (Å²) in [4.78, 5) is 0. The number of aliphatic hydroxyl groups is 1. The Bertz CT molecular complexity index is 480. The molecule has 0 heterocycles. The fourth-order valence-corrected chi connectivity index (χ4v) is 7.56. The number of aliphatic hydroxyl groups excluding tert-OH is 1. The lowest BCUT2D eigenvalue weighted by molar-refractivity contribution is -0.116. The lowest BCUT2D eigenvalue weighted by Crippen LogP contribution is -2.53. The van der Waals surface area contributed by atoms with Crippen LogP contribution in [0.5, 0.6) is 0 Å². The second-order valence-electron chi connectivity index (χ2n) is 9.39. The van der Waals surface area contributed by atoms with Gasteiger partial charge >= 0.3 is 0 Å². The number of hydrogen-bond donors (Lipinski definition) is 1. The Labute approximate surface area is 136 Å². The standard InChI is InChI=1S/C21H34O/c1-4-14-6-8-18-17-7-5-15-13-16(22)9-11-21(15,3)19(17)10-12-20(14,18)2/h4,15-19,22H,5-13H2,1-3H3/b14-4+/t15?,16?,17-,18-,19-,20+,21-/m0/s1. The predicted molar refractivity (Wildman–Crippen MR) is 91.5 cm³/mol. The Kier molecular flexibility index (Phi) is 3.53. The van der Waals surface area contributed by atoms with Crippen LogP contribution in [0.4, 0.5) is 0 Å². The van der Waals surface area contributed by atoms with Crippen LogP contribution in [-0.4, -0.2) is 11.2 Å². The van der Waals surface area contributed by atoms with Crippen molar-refractivity contribution in [1.82, 2.24) is 0 Å². The molecular weight excluding hydrogens is 268 g/mol. The monoisotopic (exact) mass is 302 g/mol. The van der Waals surface area contributed by atoms with Gasteiger partial charge in [0.15, 0.2) is 0 Å². The van der Waals surface area contributed by atoms with Gasteiger partial charge in [-0.1, -0.05) is 25.5 Å². The minimum absolute atomic E-state index is 0.00964. The Balaban J connectivity index is 1.63. The molecule has 4 rings (SSSR count). The van der Waals surface area contributed by atoms with Gasteiger partial charge in [0.2, 0.25) is 0 Å². The Morgan fingerprint density at radius 1 is 1.00 bits per heavy atom. The van der Waals surface area contributed by atoms with Crippen molar-refractivity contribution < 1.29 is 5.11 Å². The largest absolute Gasteiger partial charge is 0.393 e. The molecule has 0 aromatic carbocycles. The lowest BCUT2D eigenvalue weighted by Gasteiger charge is -2.60. The predicted octanol–water partition coefficient (Wildman–Crippen LogP) is 5.34. The normalized spacial score (nSPS) is 56.4. The van der Waals surface area contributed by atoms with Crippen molar-refractivity contribution >= 4 is 0 Å². The van der Waals surface area contributed by atoms with Crippen molar-refractivity contribution in [3.63, 3.8) is 0 Å². The third-order valence-corrected chi connectivity index (χ3v) is 8.83. The maximum atomic E-state index is 10.1. The molecule has 22 heavy (non-hydrogen) atoms. The molecule has 1 heteroatoms. The second-order valence-corrected chi connectivity index (χ2v) is 9.39. The number of fused-ring (bicyclic) bond motifs is 5. The van der Waals surface area contributed by atoms with Crippen LogP contribution in [0.1, 0.15) is 78.6 Å². The quantitative estimate of drug-likeness (QED) is 0.599. The molecule has 2 unspecified atom stereocenters. The molecule has 124 valence electrons. The van der Waals surface area contributed by atoms with E-state index in [1.807, 2.05) is 0 Å². The van der Waals surface area contributed by atoms with E-state index in [0.29, 0.717) is 10.8 Å². The van der Waals surface area contributed by atoms with Crippen LogP contribution in [-0.2, 0) is 0 Å². The maximum absolute atomic E-state index is 10.1. The Hall–Kier alpha value is -0.300. The van der Waals surface area contributed by atoms with E-state index < -0.39 is 0 Å². The van der Waals surface area contributed by atoms with E-state index in [-0.39, 0.29) is 6.10 Å². The van der Waals surface area contributed by atoms with Gasteiger partial charge in [-0.25, -0.2) is 0 Å². The van der Waals surface area contributed by atoms with Crippen molar-refractivity contribution in [2.24, 2.45) is 34.5 Å². The molecule has 0 spiro atoms. The summed E-state index contributed by atoms with van der Waals surface area (Å²) in [5.74, 6) is 3.65. The zero-order valence-corrected chi connectivity index (χ0v) is 14.8. The van der Waals surface area contributed by atoms with Gasteiger partial charge in [0.05, 0.1) is 6.10 Å². The minimum Gasteiger partial charge on any atom is -0.393 e. The summed E-state index contributed by atoms with van der Waals surface area (Å²) in [5.41, 5.74) is 2.82. The van der Waals surface area contributed by atoms with Gasteiger partial charge in [-0.15, -0.1) is 0 Å². The average Bonchev–Trinajstić information content (AvgIpc) is 2.84. The second kappa shape index (κ2) is 5.10. The highest BCUT2D eigenvalue weighted by Crippen LogP contribution is 2.67. The highest BCUT2D eigenvalue weighted by molar-refractivity contribution is 5.23. The van der Waals surface area contributed by atoms with Crippen LogP contribution in [0.3, 0.4) is 0 Å². The van der Waals surface area contributed by atoms with Gasteiger partial charge in [-0.05, 0) is 99.2 Å². The fourth-order valence-electron chi connectivity index (χ4n) is 7.56. The molecule has 4 saturated carbocycles. The zero-order chi connectivity index (χ0) is 15.5. The first-order chi connectivity index (χ1) is 10.5. The van der Waals surface area contributed by atoms with Crippen LogP contribution in [0.25, 0.3) is 0 Å². The molecule has 0 radical (unpaired) electrons. The summed E-state index contributed by atoms with van der Waals surface area (Å²) < 4.78 is 0. The third kappa shape index (κ3) is 1.93. The van der Waals surface area contributed by atoms with Gasteiger partial charge in [-0.2, -0.15) is 0 Å². The molecule has 4 fully saturated rings. The van der Waals surface area contributed by atoms with E-state index >= 15 is 0 Å². The molecule has 7 atom stereocenters. The molecule has 0 aromatic rings. The van der Waals surface area contributed by atoms with Gasteiger partial charge in [-0.3, -0.25) is 0 Å². The summed E-state index contributed by atoms with van der Waals surface area (Å²) in [5, 5.41) is 10.1. The van der Waals surface area contributed by atoms with Crippen molar-refractivity contribution in [3.05, 3.63) is 11.6 Å². The van der Waals surface area contributed by atoms with E-state index in [1.54, 1.807) is 5.57 Å². The van der Waals surface area contributed by atoms with Crippen LogP contribution in [0, 0.1) is 34.5 Å². The van der Waals surface area contributed by atoms with Crippen molar-refractivity contribution in [3.8, 4) is 0 Å². The molecule has 1 N–H and O–H groups in total. The SMILES string of the molecule is C/C=C1\CC[C@H]2[C@@H]3CCC4CC(O)CC[C@]4(C)[C@H]3CC[C@]12C. The Morgan fingerprint density at radius 2 is 1.82 bits per heavy atom. The zero-order valence-electron chi connectivity index (χ0n) is 14.8. The van der Waals surface area contributed by atoms with E-state index in [2.05, 4.69) is 26.8 Å². The molecule has 0 aromatic heterocycles.